The highest BCUT2D eigenvalue weighted by atomic mass is 16.6. The van der Waals surface area contributed by atoms with E-state index in [0.29, 0.717) is 5.75 Å². The Morgan fingerprint density at radius 2 is 1.46 bits per heavy atom. The summed E-state index contributed by atoms with van der Waals surface area (Å²) < 4.78 is 5.43. The van der Waals surface area contributed by atoms with E-state index in [1.165, 1.54) is 19.3 Å². The first-order chi connectivity index (χ1) is 12.8. The van der Waals surface area contributed by atoms with E-state index < -0.39 is 0 Å². The van der Waals surface area contributed by atoms with Gasteiger partial charge in [0.05, 0.1) is 0 Å². The summed E-state index contributed by atoms with van der Waals surface area (Å²) in [6, 6.07) is 18.0. The van der Waals surface area contributed by atoms with Gasteiger partial charge in [0.2, 0.25) is 0 Å². The molecule has 1 fully saturated rings. The van der Waals surface area contributed by atoms with E-state index in [0.717, 1.165) is 24.0 Å². The second-order valence-corrected chi connectivity index (χ2v) is 5.76. The molecule has 1 aliphatic carbocycles. The molecular formula is C23H33NO2. The molecule has 142 valence electrons. The minimum atomic E-state index is -0.350. The van der Waals surface area contributed by atoms with Crippen molar-refractivity contribution in [3.8, 4) is 16.9 Å². The van der Waals surface area contributed by atoms with Crippen LogP contribution in [0, 0.1) is 0 Å². The van der Waals surface area contributed by atoms with E-state index in [-0.39, 0.29) is 12.1 Å². The summed E-state index contributed by atoms with van der Waals surface area (Å²) in [5.74, 6) is 0.578. The summed E-state index contributed by atoms with van der Waals surface area (Å²) >= 11 is 0. The van der Waals surface area contributed by atoms with Crippen molar-refractivity contribution < 1.29 is 9.53 Å². The third-order valence-corrected chi connectivity index (χ3v) is 4.08. The van der Waals surface area contributed by atoms with E-state index in [2.05, 4.69) is 5.32 Å². The number of carbonyl (C=O) groups is 1. The average Bonchev–Trinajstić information content (AvgIpc) is 2.72. The minimum absolute atomic E-state index is 0.263. The molecule has 3 heteroatoms. The number of nitrogens with one attached hydrogen (secondary N) is 1. The zero-order valence-corrected chi connectivity index (χ0v) is 16.6. The van der Waals surface area contributed by atoms with Gasteiger partial charge in [0, 0.05) is 6.04 Å². The number of carbonyl (C=O) groups excluding carboxylic acids is 1. The smallest absolute Gasteiger partial charge is 0.410 e. The number of benzene rings is 2. The molecular weight excluding hydrogens is 322 g/mol. The SMILES string of the molecule is CC.CC.O=C(NC1CCCCC1)Oc1cccc(-c2ccccc2)c1. The summed E-state index contributed by atoms with van der Waals surface area (Å²) in [6.45, 7) is 8.00. The summed E-state index contributed by atoms with van der Waals surface area (Å²) in [5, 5.41) is 2.97. The fourth-order valence-electron chi connectivity index (χ4n) is 2.92. The molecule has 0 unspecified atom stereocenters. The molecule has 26 heavy (non-hydrogen) atoms. The predicted molar refractivity (Wildman–Crippen MR) is 111 cm³/mol. The molecule has 2 aromatic carbocycles. The van der Waals surface area contributed by atoms with E-state index in [4.69, 9.17) is 4.74 Å². The molecule has 1 saturated carbocycles. The minimum Gasteiger partial charge on any atom is -0.410 e. The molecule has 1 aliphatic rings. The van der Waals surface area contributed by atoms with Gasteiger partial charge >= 0.3 is 6.09 Å². The summed E-state index contributed by atoms with van der Waals surface area (Å²) in [7, 11) is 0. The van der Waals surface area contributed by atoms with E-state index in [1.54, 1.807) is 0 Å². The molecule has 0 radical (unpaired) electrons. The quantitative estimate of drug-likeness (QED) is 0.655. The number of rotatable bonds is 3. The number of ether oxygens (including phenoxy) is 1. The zero-order valence-electron chi connectivity index (χ0n) is 16.6. The van der Waals surface area contributed by atoms with Crippen LogP contribution in [0.15, 0.2) is 54.6 Å². The first kappa shape index (κ1) is 21.8. The van der Waals surface area contributed by atoms with E-state index in [9.17, 15) is 4.79 Å². The fourth-order valence-corrected chi connectivity index (χ4v) is 2.92. The molecule has 0 spiro atoms. The van der Waals surface area contributed by atoms with Crippen LogP contribution in [-0.4, -0.2) is 12.1 Å². The van der Waals surface area contributed by atoms with Gasteiger partial charge in [0.15, 0.2) is 0 Å². The van der Waals surface area contributed by atoms with Crippen LogP contribution in [0.5, 0.6) is 5.75 Å². The molecule has 0 heterocycles. The molecule has 0 aromatic heterocycles. The van der Waals surface area contributed by atoms with Crippen LogP contribution < -0.4 is 10.1 Å². The second kappa shape index (κ2) is 13.0. The molecule has 0 atom stereocenters. The van der Waals surface area contributed by atoms with Crippen molar-refractivity contribution in [1.29, 1.82) is 0 Å². The van der Waals surface area contributed by atoms with Gasteiger partial charge in [-0.05, 0) is 36.1 Å². The van der Waals surface area contributed by atoms with Crippen molar-refractivity contribution >= 4 is 6.09 Å². The lowest BCUT2D eigenvalue weighted by Gasteiger charge is -2.22. The molecule has 3 rings (SSSR count). The number of amides is 1. The van der Waals surface area contributed by atoms with Crippen molar-refractivity contribution in [3.63, 3.8) is 0 Å². The summed E-state index contributed by atoms with van der Waals surface area (Å²) in [4.78, 5) is 12.0. The van der Waals surface area contributed by atoms with Crippen molar-refractivity contribution in [2.24, 2.45) is 0 Å². The zero-order chi connectivity index (χ0) is 19.2. The second-order valence-electron chi connectivity index (χ2n) is 5.76. The van der Waals surface area contributed by atoms with Gasteiger partial charge < -0.3 is 10.1 Å². The van der Waals surface area contributed by atoms with Gasteiger partial charge in [0.25, 0.3) is 0 Å². The summed E-state index contributed by atoms with van der Waals surface area (Å²) in [6.07, 6.45) is 5.41. The van der Waals surface area contributed by atoms with Crippen LogP contribution in [0.3, 0.4) is 0 Å². The Hall–Kier alpha value is -2.29. The Labute approximate surface area is 158 Å². The van der Waals surface area contributed by atoms with Crippen LogP contribution >= 0.6 is 0 Å². The van der Waals surface area contributed by atoms with Gasteiger partial charge in [-0.1, -0.05) is 89.4 Å². The molecule has 1 amide bonds. The van der Waals surface area contributed by atoms with Gasteiger partial charge in [-0.3, -0.25) is 0 Å². The van der Waals surface area contributed by atoms with Gasteiger partial charge in [-0.2, -0.15) is 0 Å². The van der Waals surface area contributed by atoms with Crippen LogP contribution in [0.1, 0.15) is 59.8 Å². The third-order valence-electron chi connectivity index (χ3n) is 4.08. The van der Waals surface area contributed by atoms with Gasteiger partial charge in [-0.15, -0.1) is 0 Å². The van der Waals surface area contributed by atoms with Crippen LogP contribution in [0.4, 0.5) is 4.79 Å². The highest BCUT2D eigenvalue weighted by molar-refractivity contribution is 5.72. The molecule has 2 aromatic rings. The molecule has 0 bridgehead atoms. The van der Waals surface area contributed by atoms with Gasteiger partial charge in [0.1, 0.15) is 5.75 Å². The highest BCUT2D eigenvalue weighted by Crippen LogP contribution is 2.24. The van der Waals surface area contributed by atoms with Crippen LogP contribution in [0.2, 0.25) is 0 Å². The molecule has 0 saturated heterocycles. The van der Waals surface area contributed by atoms with E-state index in [1.807, 2.05) is 82.3 Å². The van der Waals surface area contributed by atoms with Crippen molar-refractivity contribution in [1.82, 2.24) is 5.32 Å². The summed E-state index contributed by atoms with van der Waals surface area (Å²) in [5.41, 5.74) is 2.16. The van der Waals surface area contributed by atoms with Crippen LogP contribution in [-0.2, 0) is 0 Å². The predicted octanol–water partition coefficient (Wildman–Crippen LogP) is 6.83. The Bertz CT molecular complexity index is 619. The van der Waals surface area contributed by atoms with Crippen LogP contribution in [0.25, 0.3) is 11.1 Å². The Morgan fingerprint density at radius 3 is 2.12 bits per heavy atom. The maximum Gasteiger partial charge on any atom is 0.412 e. The molecule has 0 aliphatic heterocycles. The normalized spacial score (nSPS) is 13.4. The Balaban J connectivity index is 0.000000791. The molecule has 1 N–H and O–H groups in total. The number of hydrogen-bond donors (Lipinski definition) is 1. The maximum absolute atomic E-state index is 12.0. The third kappa shape index (κ3) is 7.30. The van der Waals surface area contributed by atoms with Gasteiger partial charge in [-0.25, -0.2) is 4.79 Å². The lowest BCUT2D eigenvalue weighted by molar-refractivity contribution is 0.192. The lowest BCUT2D eigenvalue weighted by atomic mass is 9.96. The lowest BCUT2D eigenvalue weighted by Crippen LogP contribution is -2.37. The molecule has 3 nitrogen and oxygen atoms in total. The Kier molecular flexibility index (Phi) is 10.9. The standard InChI is InChI=1S/C19H21NO2.2C2H6/c21-19(20-17-11-5-2-6-12-17)22-18-13-7-10-16(14-18)15-8-3-1-4-9-15;2*1-2/h1,3-4,7-10,13-14,17H,2,5-6,11-12H2,(H,20,21);2*1-2H3. The van der Waals surface area contributed by atoms with Crippen molar-refractivity contribution in [2.75, 3.05) is 0 Å². The largest absolute Gasteiger partial charge is 0.412 e. The maximum atomic E-state index is 12.0. The van der Waals surface area contributed by atoms with E-state index >= 15 is 0 Å². The number of hydrogen-bond acceptors (Lipinski definition) is 2. The first-order valence-electron chi connectivity index (χ1n) is 9.95. The highest BCUT2D eigenvalue weighted by Gasteiger charge is 2.16. The topological polar surface area (TPSA) is 38.3 Å². The Morgan fingerprint density at radius 1 is 0.846 bits per heavy atom. The average molecular weight is 356 g/mol. The fraction of sp³-hybridized carbons (Fsp3) is 0.435. The van der Waals surface area contributed by atoms with Crippen molar-refractivity contribution in [3.05, 3.63) is 54.6 Å². The monoisotopic (exact) mass is 355 g/mol. The first-order valence-corrected chi connectivity index (χ1v) is 9.95. The van der Waals surface area contributed by atoms with Crippen molar-refractivity contribution in [2.45, 2.75) is 65.8 Å².